The zero-order valence-corrected chi connectivity index (χ0v) is 17.0. The molecule has 0 spiro atoms. The van der Waals surface area contributed by atoms with Gasteiger partial charge in [0.2, 0.25) is 5.91 Å². The monoisotopic (exact) mass is 400 g/mol. The van der Waals surface area contributed by atoms with Crippen molar-refractivity contribution in [1.29, 1.82) is 0 Å². The van der Waals surface area contributed by atoms with Crippen molar-refractivity contribution in [3.63, 3.8) is 0 Å². The molecule has 0 aliphatic carbocycles. The lowest BCUT2D eigenvalue weighted by atomic mass is 10.00. The number of benzene rings is 1. The van der Waals surface area contributed by atoms with Gasteiger partial charge in [-0.2, -0.15) is 5.10 Å². The van der Waals surface area contributed by atoms with Crippen LogP contribution >= 0.6 is 11.6 Å². The van der Waals surface area contributed by atoms with Crippen LogP contribution in [-0.2, 0) is 17.6 Å². The molecule has 1 aliphatic rings. The van der Waals surface area contributed by atoms with Crippen molar-refractivity contribution in [3.8, 4) is 0 Å². The number of carbonyl (C=O) groups is 1. The van der Waals surface area contributed by atoms with E-state index in [2.05, 4.69) is 10.1 Å². The minimum atomic E-state index is -0.432. The van der Waals surface area contributed by atoms with E-state index >= 15 is 0 Å². The van der Waals surface area contributed by atoms with Crippen LogP contribution in [0.1, 0.15) is 41.1 Å². The number of rotatable bonds is 3. The maximum Gasteiger partial charge on any atom is 0.227 e. The summed E-state index contributed by atoms with van der Waals surface area (Å²) in [6.45, 7) is 6.40. The van der Waals surface area contributed by atoms with Crippen LogP contribution in [0.25, 0.3) is 5.65 Å². The molecule has 3 heterocycles. The van der Waals surface area contributed by atoms with Gasteiger partial charge in [-0.05, 0) is 63.3 Å². The smallest absolute Gasteiger partial charge is 0.227 e. The number of aryl methyl sites for hydroxylation is 4. The van der Waals surface area contributed by atoms with E-state index in [1.807, 2.05) is 31.4 Å². The lowest BCUT2D eigenvalue weighted by Gasteiger charge is -2.30. The SMILES string of the molecule is Cc1cc2nc(C)c(CCC(=O)N3CCCc4cc(Cl)cc(F)c43)c(C)n2n1. The highest BCUT2D eigenvalue weighted by molar-refractivity contribution is 6.30. The maximum atomic E-state index is 14.5. The molecule has 0 atom stereocenters. The first-order chi connectivity index (χ1) is 13.3. The Hall–Kier alpha value is -2.47. The first kappa shape index (κ1) is 18.9. The van der Waals surface area contributed by atoms with Crippen molar-refractivity contribution in [2.24, 2.45) is 0 Å². The number of carbonyl (C=O) groups excluding carboxylic acids is 1. The summed E-state index contributed by atoms with van der Waals surface area (Å²) in [5, 5.41) is 4.84. The van der Waals surface area contributed by atoms with E-state index in [9.17, 15) is 9.18 Å². The van der Waals surface area contributed by atoms with E-state index in [0.717, 1.165) is 46.7 Å². The molecule has 7 heteroatoms. The van der Waals surface area contributed by atoms with Crippen LogP contribution in [0.2, 0.25) is 5.02 Å². The molecular weight excluding hydrogens is 379 g/mol. The fraction of sp³-hybridized carbons (Fsp3) is 0.381. The topological polar surface area (TPSA) is 50.5 Å². The molecule has 0 fully saturated rings. The zero-order valence-electron chi connectivity index (χ0n) is 16.2. The summed E-state index contributed by atoms with van der Waals surface area (Å²) >= 11 is 5.98. The van der Waals surface area contributed by atoms with Gasteiger partial charge in [-0.15, -0.1) is 0 Å². The number of hydrogen-bond donors (Lipinski definition) is 0. The second-order valence-electron chi connectivity index (χ2n) is 7.36. The van der Waals surface area contributed by atoms with Gasteiger partial charge in [-0.25, -0.2) is 13.9 Å². The summed E-state index contributed by atoms with van der Waals surface area (Å²) in [5.41, 5.74) is 5.79. The van der Waals surface area contributed by atoms with Crippen LogP contribution in [0.15, 0.2) is 18.2 Å². The molecule has 0 saturated carbocycles. The lowest BCUT2D eigenvalue weighted by molar-refractivity contribution is -0.118. The van der Waals surface area contributed by atoms with Crippen LogP contribution in [0.4, 0.5) is 10.1 Å². The van der Waals surface area contributed by atoms with E-state index in [-0.39, 0.29) is 12.3 Å². The molecule has 4 rings (SSSR count). The third-order valence-electron chi connectivity index (χ3n) is 5.38. The second-order valence-corrected chi connectivity index (χ2v) is 7.80. The number of halogens is 2. The molecule has 1 amide bonds. The lowest BCUT2D eigenvalue weighted by Crippen LogP contribution is -2.36. The number of aromatic nitrogens is 3. The van der Waals surface area contributed by atoms with Crippen molar-refractivity contribution >= 4 is 28.8 Å². The van der Waals surface area contributed by atoms with E-state index in [4.69, 9.17) is 11.6 Å². The Bertz CT molecular complexity index is 1090. The highest BCUT2D eigenvalue weighted by Gasteiger charge is 2.26. The van der Waals surface area contributed by atoms with Crippen molar-refractivity contribution in [2.45, 2.75) is 46.5 Å². The predicted octanol–water partition coefficient (Wildman–Crippen LogP) is 4.36. The first-order valence-corrected chi connectivity index (χ1v) is 9.83. The van der Waals surface area contributed by atoms with Gasteiger partial charge < -0.3 is 4.90 Å². The van der Waals surface area contributed by atoms with Gasteiger partial charge in [0.15, 0.2) is 5.65 Å². The van der Waals surface area contributed by atoms with Crippen LogP contribution < -0.4 is 4.90 Å². The maximum absolute atomic E-state index is 14.5. The van der Waals surface area contributed by atoms with Gasteiger partial charge in [0.05, 0.1) is 11.4 Å². The van der Waals surface area contributed by atoms with Crippen molar-refractivity contribution in [3.05, 3.63) is 57.2 Å². The molecule has 1 aliphatic heterocycles. The van der Waals surface area contributed by atoms with Crippen LogP contribution in [0.5, 0.6) is 0 Å². The number of fused-ring (bicyclic) bond motifs is 2. The molecule has 0 N–H and O–H groups in total. The molecule has 146 valence electrons. The Balaban J connectivity index is 1.59. The molecule has 5 nitrogen and oxygen atoms in total. The minimum absolute atomic E-state index is 0.0854. The summed E-state index contributed by atoms with van der Waals surface area (Å²) in [6, 6.07) is 4.97. The van der Waals surface area contributed by atoms with Gasteiger partial charge in [0.25, 0.3) is 0 Å². The molecule has 0 radical (unpaired) electrons. The summed E-state index contributed by atoms with van der Waals surface area (Å²) in [5.74, 6) is -0.518. The Morgan fingerprint density at radius 1 is 1.25 bits per heavy atom. The summed E-state index contributed by atoms with van der Waals surface area (Å²) in [4.78, 5) is 19.1. The van der Waals surface area contributed by atoms with Crippen LogP contribution in [0.3, 0.4) is 0 Å². The highest BCUT2D eigenvalue weighted by atomic mass is 35.5. The van der Waals surface area contributed by atoms with Gasteiger partial charge >= 0.3 is 0 Å². The Morgan fingerprint density at radius 2 is 2.04 bits per heavy atom. The average Bonchev–Trinajstić information content (AvgIpc) is 3.00. The quantitative estimate of drug-likeness (QED) is 0.656. The number of anilines is 1. The van der Waals surface area contributed by atoms with E-state index < -0.39 is 5.82 Å². The standard InChI is InChI=1S/C21H22ClFN4O/c1-12-9-19-24-13(2)17(14(3)27(19)25-12)6-7-20(28)26-8-4-5-15-10-16(22)11-18(23)21(15)26/h9-11H,4-8H2,1-3H3. The molecule has 28 heavy (non-hydrogen) atoms. The minimum Gasteiger partial charge on any atom is -0.309 e. The van der Waals surface area contributed by atoms with Crippen LogP contribution in [0, 0.1) is 26.6 Å². The fourth-order valence-corrected chi connectivity index (χ4v) is 4.30. The largest absolute Gasteiger partial charge is 0.309 e. The van der Waals surface area contributed by atoms with Gasteiger partial charge in [0.1, 0.15) is 5.82 Å². The van der Waals surface area contributed by atoms with E-state index in [0.29, 0.717) is 23.7 Å². The highest BCUT2D eigenvalue weighted by Crippen LogP contribution is 2.33. The summed E-state index contributed by atoms with van der Waals surface area (Å²) in [6.07, 6.45) is 2.36. The molecule has 0 bridgehead atoms. The number of nitrogens with zero attached hydrogens (tertiary/aromatic N) is 4. The molecule has 1 aromatic carbocycles. The first-order valence-electron chi connectivity index (χ1n) is 9.46. The van der Waals surface area contributed by atoms with E-state index in [1.165, 1.54) is 6.07 Å². The zero-order chi connectivity index (χ0) is 20.0. The van der Waals surface area contributed by atoms with Crippen molar-refractivity contribution < 1.29 is 9.18 Å². The van der Waals surface area contributed by atoms with Crippen LogP contribution in [-0.4, -0.2) is 27.0 Å². The molecule has 0 saturated heterocycles. The Morgan fingerprint density at radius 3 is 2.82 bits per heavy atom. The molecule has 3 aromatic rings. The van der Waals surface area contributed by atoms with Gasteiger partial charge in [-0.1, -0.05) is 11.6 Å². The molecule has 0 unspecified atom stereocenters. The Kier molecular flexibility index (Phi) is 4.83. The van der Waals surface area contributed by atoms with Crippen molar-refractivity contribution in [1.82, 2.24) is 14.6 Å². The normalized spacial score (nSPS) is 13.8. The fourth-order valence-electron chi connectivity index (χ4n) is 4.07. The van der Waals surface area contributed by atoms with Gasteiger partial charge in [-0.3, -0.25) is 4.79 Å². The predicted molar refractivity (Wildman–Crippen MR) is 108 cm³/mol. The third kappa shape index (κ3) is 3.26. The van der Waals surface area contributed by atoms with E-state index in [1.54, 1.807) is 11.0 Å². The Labute approximate surface area is 168 Å². The second kappa shape index (κ2) is 7.17. The summed E-state index contributed by atoms with van der Waals surface area (Å²) in [7, 11) is 0. The summed E-state index contributed by atoms with van der Waals surface area (Å²) < 4.78 is 16.3. The number of hydrogen-bond acceptors (Lipinski definition) is 3. The van der Waals surface area contributed by atoms with Gasteiger partial charge in [0, 0.05) is 35.4 Å². The van der Waals surface area contributed by atoms with Crippen molar-refractivity contribution in [2.75, 3.05) is 11.4 Å². The average molecular weight is 401 g/mol. The molecular formula is C21H22ClFN4O. The molecule has 2 aromatic heterocycles. The third-order valence-corrected chi connectivity index (χ3v) is 5.60. The number of amides is 1.